The molecule has 0 saturated carbocycles. The van der Waals surface area contributed by atoms with E-state index in [0.29, 0.717) is 32.1 Å². The van der Waals surface area contributed by atoms with Crippen LogP contribution in [0.3, 0.4) is 0 Å². The molecule has 3 aromatic carbocycles. The standard InChI is InChI=1S/C19H14Cl3N3O2S2/c20-12-4-6-14(7-5-12)25-29(26,27)15-10-8-13(9-11-15)23-19(28)24-17-3-1-2-16(21)18(17)22/h1-11,25H,(H2,23,24,28). The zero-order chi connectivity index (χ0) is 21.0. The van der Waals surface area contributed by atoms with Crippen molar-refractivity contribution in [1.82, 2.24) is 0 Å². The first-order valence-electron chi connectivity index (χ1n) is 8.15. The number of anilines is 3. The maximum atomic E-state index is 12.5. The van der Waals surface area contributed by atoms with Gasteiger partial charge in [0.25, 0.3) is 10.0 Å². The molecule has 5 nitrogen and oxygen atoms in total. The van der Waals surface area contributed by atoms with E-state index in [0.717, 1.165) is 0 Å². The fraction of sp³-hybridized carbons (Fsp3) is 0. The summed E-state index contributed by atoms with van der Waals surface area (Å²) in [6.07, 6.45) is 0. The maximum Gasteiger partial charge on any atom is 0.261 e. The molecular formula is C19H14Cl3N3O2S2. The lowest BCUT2D eigenvalue weighted by molar-refractivity contribution is 0.601. The van der Waals surface area contributed by atoms with Gasteiger partial charge in [0.1, 0.15) is 0 Å². The molecule has 0 aliphatic carbocycles. The topological polar surface area (TPSA) is 70.2 Å². The molecule has 0 atom stereocenters. The minimum Gasteiger partial charge on any atom is -0.332 e. The van der Waals surface area contributed by atoms with Gasteiger partial charge in [-0.15, -0.1) is 0 Å². The zero-order valence-corrected chi connectivity index (χ0v) is 18.5. The highest BCUT2D eigenvalue weighted by Crippen LogP contribution is 2.29. The monoisotopic (exact) mass is 485 g/mol. The summed E-state index contributed by atoms with van der Waals surface area (Å²) in [5.74, 6) is 0. The van der Waals surface area contributed by atoms with Crippen molar-refractivity contribution in [1.29, 1.82) is 0 Å². The van der Waals surface area contributed by atoms with Crippen molar-refractivity contribution in [2.24, 2.45) is 0 Å². The smallest absolute Gasteiger partial charge is 0.261 e. The number of thiocarbonyl (C=S) groups is 1. The summed E-state index contributed by atoms with van der Waals surface area (Å²) in [6, 6.07) is 17.7. The predicted octanol–water partition coefficient (Wildman–Crippen LogP) is 6.26. The van der Waals surface area contributed by atoms with E-state index in [-0.39, 0.29) is 10.0 Å². The van der Waals surface area contributed by atoms with Gasteiger partial charge in [0.15, 0.2) is 5.11 Å². The first-order valence-corrected chi connectivity index (χ1v) is 11.2. The third-order valence-electron chi connectivity index (χ3n) is 3.72. The molecule has 29 heavy (non-hydrogen) atoms. The van der Waals surface area contributed by atoms with Crippen LogP contribution in [0.2, 0.25) is 15.1 Å². The highest BCUT2D eigenvalue weighted by molar-refractivity contribution is 7.92. The van der Waals surface area contributed by atoms with Gasteiger partial charge in [-0.05, 0) is 72.9 Å². The quantitative estimate of drug-likeness (QED) is 0.371. The van der Waals surface area contributed by atoms with Crippen molar-refractivity contribution in [2.45, 2.75) is 4.90 Å². The Labute approximate surface area is 189 Å². The SMILES string of the molecule is O=S(=O)(Nc1ccc(Cl)cc1)c1ccc(NC(=S)Nc2cccc(Cl)c2Cl)cc1. The van der Waals surface area contributed by atoms with Crippen LogP contribution in [0.15, 0.2) is 71.6 Å². The molecule has 3 rings (SSSR count). The zero-order valence-electron chi connectivity index (χ0n) is 14.6. The second-order valence-electron chi connectivity index (χ2n) is 5.82. The molecule has 0 unspecified atom stereocenters. The summed E-state index contributed by atoms with van der Waals surface area (Å²) in [5, 5.41) is 7.47. The summed E-state index contributed by atoms with van der Waals surface area (Å²) < 4.78 is 27.5. The fourth-order valence-electron chi connectivity index (χ4n) is 2.33. The maximum absolute atomic E-state index is 12.5. The molecule has 0 bridgehead atoms. The summed E-state index contributed by atoms with van der Waals surface area (Å²) in [6.45, 7) is 0. The van der Waals surface area contributed by atoms with Gasteiger partial charge < -0.3 is 10.6 Å². The van der Waals surface area contributed by atoms with Crippen molar-refractivity contribution in [3.63, 3.8) is 0 Å². The Morgan fingerprint density at radius 3 is 2.07 bits per heavy atom. The number of hydrogen-bond acceptors (Lipinski definition) is 3. The Hall–Kier alpha value is -2.03. The van der Waals surface area contributed by atoms with Crippen LogP contribution in [0, 0.1) is 0 Å². The van der Waals surface area contributed by atoms with Crippen LogP contribution in [0.1, 0.15) is 0 Å². The first-order chi connectivity index (χ1) is 13.7. The van der Waals surface area contributed by atoms with E-state index >= 15 is 0 Å². The average Bonchev–Trinajstić information content (AvgIpc) is 2.67. The molecule has 150 valence electrons. The third kappa shape index (κ3) is 5.74. The van der Waals surface area contributed by atoms with Gasteiger partial charge in [0.05, 0.1) is 20.6 Å². The minimum absolute atomic E-state index is 0.106. The third-order valence-corrected chi connectivity index (χ3v) is 6.39. The Kier molecular flexibility index (Phi) is 6.87. The number of sulfonamides is 1. The second kappa shape index (κ2) is 9.19. The van der Waals surface area contributed by atoms with E-state index in [1.54, 1.807) is 54.6 Å². The second-order valence-corrected chi connectivity index (χ2v) is 9.13. The van der Waals surface area contributed by atoms with E-state index in [9.17, 15) is 8.42 Å². The van der Waals surface area contributed by atoms with E-state index in [1.165, 1.54) is 12.1 Å². The number of nitrogens with one attached hydrogen (secondary N) is 3. The van der Waals surface area contributed by atoms with Crippen LogP contribution in [0.5, 0.6) is 0 Å². The van der Waals surface area contributed by atoms with Gasteiger partial charge in [-0.2, -0.15) is 0 Å². The molecule has 0 aliphatic heterocycles. The van der Waals surface area contributed by atoms with Crippen molar-refractivity contribution in [2.75, 3.05) is 15.4 Å². The molecule has 3 aromatic rings. The molecule has 0 heterocycles. The van der Waals surface area contributed by atoms with Crippen molar-refractivity contribution in [3.8, 4) is 0 Å². The Morgan fingerprint density at radius 2 is 1.41 bits per heavy atom. The molecule has 0 saturated heterocycles. The van der Waals surface area contributed by atoms with Gasteiger partial charge in [0, 0.05) is 16.4 Å². The molecule has 0 fully saturated rings. The van der Waals surface area contributed by atoms with Crippen LogP contribution in [-0.2, 0) is 10.0 Å². The summed E-state index contributed by atoms with van der Waals surface area (Å²) in [4.78, 5) is 0.106. The molecule has 3 N–H and O–H groups in total. The molecule has 0 spiro atoms. The minimum atomic E-state index is -3.73. The van der Waals surface area contributed by atoms with Crippen LogP contribution in [-0.4, -0.2) is 13.5 Å². The first kappa shape index (κ1) is 21.7. The fourth-order valence-corrected chi connectivity index (χ4v) is 4.09. The van der Waals surface area contributed by atoms with Crippen LogP contribution >= 0.6 is 47.0 Å². The van der Waals surface area contributed by atoms with Crippen LogP contribution < -0.4 is 15.4 Å². The lowest BCUT2D eigenvalue weighted by atomic mass is 10.3. The van der Waals surface area contributed by atoms with Gasteiger partial charge >= 0.3 is 0 Å². The van der Waals surface area contributed by atoms with Crippen molar-refractivity contribution < 1.29 is 8.42 Å². The summed E-state index contributed by atoms with van der Waals surface area (Å²) in [5.41, 5.74) is 1.58. The predicted molar refractivity (Wildman–Crippen MR) is 125 cm³/mol. The Balaban J connectivity index is 1.67. The molecule has 0 aromatic heterocycles. The normalized spacial score (nSPS) is 11.0. The van der Waals surface area contributed by atoms with Crippen molar-refractivity contribution >= 4 is 79.2 Å². The van der Waals surface area contributed by atoms with E-state index in [2.05, 4.69) is 15.4 Å². The number of halogens is 3. The van der Waals surface area contributed by atoms with Crippen molar-refractivity contribution in [3.05, 3.63) is 81.8 Å². The van der Waals surface area contributed by atoms with Gasteiger partial charge in [-0.3, -0.25) is 4.72 Å². The Morgan fingerprint density at radius 1 is 0.793 bits per heavy atom. The number of rotatable bonds is 5. The van der Waals surface area contributed by atoms with E-state index in [4.69, 9.17) is 47.0 Å². The van der Waals surface area contributed by atoms with Crippen LogP contribution in [0.4, 0.5) is 17.1 Å². The molecule has 0 aliphatic rings. The largest absolute Gasteiger partial charge is 0.332 e. The lowest BCUT2D eigenvalue weighted by Crippen LogP contribution is -2.19. The van der Waals surface area contributed by atoms with E-state index < -0.39 is 10.0 Å². The van der Waals surface area contributed by atoms with Gasteiger partial charge in [-0.1, -0.05) is 40.9 Å². The molecule has 10 heteroatoms. The summed E-state index contributed by atoms with van der Waals surface area (Å²) >= 11 is 23.2. The average molecular weight is 487 g/mol. The number of benzene rings is 3. The van der Waals surface area contributed by atoms with E-state index in [1.807, 2.05) is 0 Å². The van der Waals surface area contributed by atoms with Crippen LogP contribution in [0.25, 0.3) is 0 Å². The van der Waals surface area contributed by atoms with Gasteiger partial charge in [-0.25, -0.2) is 8.42 Å². The molecular weight excluding hydrogens is 473 g/mol. The molecule has 0 amide bonds. The summed E-state index contributed by atoms with van der Waals surface area (Å²) in [7, 11) is -3.73. The van der Waals surface area contributed by atoms with Gasteiger partial charge in [0.2, 0.25) is 0 Å². The molecule has 0 radical (unpaired) electrons. The lowest BCUT2D eigenvalue weighted by Gasteiger charge is -2.13. The number of hydrogen-bond donors (Lipinski definition) is 3. The highest BCUT2D eigenvalue weighted by Gasteiger charge is 2.14. The highest BCUT2D eigenvalue weighted by atomic mass is 35.5. The Bertz CT molecular complexity index is 1140.